The third-order valence-corrected chi connectivity index (χ3v) is 4.74. The minimum Gasteiger partial charge on any atom is -0.477 e. The first-order chi connectivity index (χ1) is 8.56. The van der Waals surface area contributed by atoms with Crippen molar-refractivity contribution in [2.24, 2.45) is 0 Å². The van der Waals surface area contributed by atoms with Gasteiger partial charge in [0.2, 0.25) is 0 Å². The van der Waals surface area contributed by atoms with Crippen molar-refractivity contribution in [3.05, 3.63) is 51.2 Å². The van der Waals surface area contributed by atoms with Gasteiger partial charge in [0.05, 0.1) is 0 Å². The number of thiophene rings is 1. The molecule has 2 nitrogen and oxygen atoms in total. The average Bonchev–Trinajstić information content (AvgIpc) is 2.68. The monoisotopic (exact) mass is 278 g/mol. The van der Waals surface area contributed by atoms with E-state index in [0.717, 1.165) is 16.2 Å². The van der Waals surface area contributed by atoms with Gasteiger partial charge in [0.1, 0.15) is 4.88 Å². The van der Waals surface area contributed by atoms with Gasteiger partial charge in [-0.25, -0.2) is 4.79 Å². The fraction of sp³-hybridized carbons (Fsp3) is 0.214. The molecule has 18 heavy (non-hydrogen) atoms. The van der Waals surface area contributed by atoms with Crippen LogP contribution in [-0.4, -0.2) is 11.1 Å². The van der Waals surface area contributed by atoms with E-state index >= 15 is 0 Å². The van der Waals surface area contributed by atoms with Gasteiger partial charge in [-0.05, 0) is 37.6 Å². The topological polar surface area (TPSA) is 37.3 Å². The number of aryl methyl sites for hydroxylation is 2. The number of carbonyl (C=O) groups is 1. The molecule has 1 heterocycles. The molecule has 0 amide bonds. The summed E-state index contributed by atoms with van der Waals surface area (Å²) in [7, 11) is 0. The number of hydrogen-bond donors (Lipinski definition) is 1. The number of aromatic carboxylic acids is 1. The second-order valence-corrected chi connectivity index (χ2v) is 6.41. The van der Waals surface area contributed by atoms with E-state index in [2.05, 4.69) is 25.1 Å². The molecule has 0 saturated carbocycles. The predicted octanol–water partition coefficient (Wildman–Crippen LogP) is 4.36. The second kappa shape index (κ2) is 5.59. The van der Waals surface area contributed by atoms with Crippen LogP contribution in [0, 0.1) is 13.8 Å². The van der Waals surface area contributed by atoms with Crippen LogP contribution in [0.4, 0.5) is 0 Å². The lowest BCUT2D eigenvalue weighted by molar-refractivity contribution is 0.0702. The molecule has 2 aromatic rings. The lowest BCUT2D eigenvalue weighted by Crippen LogP contribution is -1.90. The molecular weight excluding hydrogens is 264 g/mol. The van der Waals surface area contributed by atoms with Gasteiger partial charge in [-0.2, -0.15) is 0 Å². The van der Waals surface area contributed by atoms with Gasteiger partial charge < -0.3 is 5.11 Å². The largest absolute Gasteiger partial charge is 0.477 e. The maximum atomic E-state index is 10.9. The van der Waals surface area contributed by atoms with E-state index in [9.17, 15) is 4.79 Å². The van der Waals surface area contributed by atoms with Crippen LogP contribution in [-0.2, 0) is 5.75 Å². The Morgan fingerprint density at radius 3 is 2.72 bits per heavy atom. The van der Waals surface area contributed by atoms with Crippen molar-refractivity contribution in [1.82, 2.24) is 0 Å². The van der Waals surface area contributed by atoms with Crippen molar-refractivity contribution >= 4 is 29.1 Å². The molecule has 0 aliphatic rings. The van der Waals surface area contributed by atoms with Crippen molar-refractivity contribution in [3.8, 4) is 0 Å². The summed E-state index contributed by atoms with van der Waals surface area (Å²) < 4.78 is 0. The quantitative estimate of drug-likeness (QED) is 0.845. The Hall–Kier alpha value is -1.26. The van der Waals surface area contributed by atoms with E-state index in [1.807, 2.05) is 13.0 Å². The summed E-state index contributed by atoms with van der Waals surface area (Å²) in [6.45, 7) is 4.05. The predicted molar refractivity (Wildman–Crippen MR) is 76.8 cm³/mol. The zero-order chi connectivity index (χ0) is 13.1. The van der Waals surface area contributed by atoms with Crippen molar-refractivity contribution in [2.45, 2.75) is 24.5 Å². The molecule has 0 saturated heterocycles. The average molecular weight is 278 g/mol. The maximum Gasteiger partial charge on any atom is 0.345 e. The van der Waals surface area contributed by atoms with Crippen molar-refractivity contribution in [2.75, 3.05) is 0 Å². The van der Waals surface area contributed by atoms with Gasteiger partial charge in [0.25, 0.3) is 0 Å². The summed E-state index contributed by atoms with van der Waals surface area (Å²) in [5.41, 5.74) is 2.36. The van der Waals surface area contributed by atoms with Gasteiger partial charge >= 0.3 is 5.97 Å². The first-order valence-electron chi connectivity index (χ1n) is 5.58. The molecule has 2 rings (SSSR count). The lowest BCUT2D eigenvalue weighted by atomic mass is 10.2. The highest BCUT2D eigenvalue weighted by Gasteiger charge is 2.11. The van der Waals surface area contributed by atoms with Gasteiger partial charge in [0.15, 0.2) is 0 Å². The molecule has 4 heteroatoms. The summed E-state index contributed by atoms with van der Waals surface area (Å²) in [5, 5.41) is 8.95. The highest BCUT2D eigenvalue weighted by molar-refractivity contribution is 7.98. The summed E-state index contributed by atoms with van der Waals surface area (Å²) >= 11 is 3.09. The zero-order valence-electron chi connectivity index (χ0n) is 10.3. The number of thioether (sulfide) groups is 1. The van der Waals surface area contributed by atoms with Crippen LogP contribution in [0.5, 0.6) is 0 Å². The molecule has 0 aliphatic heterocycles. The minimum atomic E-state index is -0.838. The fourth-order valence-electron chi connectivity index (χ4n) is 1.63. The molecule has 1 N–H and O–H groups in total. The molecule has 1 aromatic heterocycles. The summed E-state index contributed by atoms with van der Waals surface area (Å²) in [6.07, 6.45) is 0. The molecule has 0 aliphatic carbocycles. The van der Waals surface area contributed by atoms with Crippen molar-refractivity contribution in [1.29, 1.82) is 0 Å². The molecule has 0 unspecified atom stereocenters. The zero-order valence-corrected chi connectivity index (χ0v) is 11.9. The Labute approximate surface area is 115 Å². The Morgan fingerprint density at radius 1 is 1.33 bits per heavy atom. The second-order valence-electron chi connectivity index (χ2n) is 4.10. The molecule has 1 aromatic carbocycles. The van der Waals surface area contributed by atoms with E-state index in [1.54, 1.807) is 17.8 Å². The molecule has 0 bridgehead atoms. The fourth-order valence-corrected chi connectivity index (χ4v) is 3.67. The third kappa shape index (κ3) is 3.15. The molecule has 0 atom stereocenters. The lowest BCUT2D eigenvalue weighted by Gasteiger charge is -2.02. The minimum absolute atomic E-state index is 0.423. The van der Waals surface area contributed by atoms with Gasteiger partial charge in [-0.3, -0.25) is 0 Å². The van der Waals surface area contributed by atoms with E-state index in [1.165, 1.54) is 21.8 Å². The smallest absolute Gasteiger partial charge is 0.345 e. The summed E-state index contributed by atoms with van der Waals surface area (Å²) in [6, 6.07) is 10.1. The van der Waals surface area contributed by atoms with Crippen molar-refractivity contribution < 1.29 is 9.90 Å². The summed E-state index contributed by atoms with van der Waals surface area (Å²) in [5.74, 6) is -0.0195. The van der Waals surface area contributed by atoms with Gasteiger partial charge in [0, 0.05) is 15.5 Å². The molecular formula is C14H14O2S2. The standard InChI is InChI=1S/C14H14O2S2/c1-9-4-3-5-12(6-9)17-8-11-7-13(14(15)16)18-10(11)2/h3-7H,8H2,1-2H3,(H,15,16). The Morgan fingerprint density at radius 2 is 2.11 bits per heavy atom. The Bertz CT molecular complexity index is 573. The Balaban J connectivity index is 2.08. The van der Waals surface area contributed by atoms with Crippen LogP contribution in [0.3, 0.4) is 0 Å². The molecule has 0 spiro atoms. The Kier molecular flexibility index (Phi) is 4.09. The molecule has 94 valence electrons. The van der Waals surface area contributed by atoms with Crippen LogP contribution in [0.15, 0.2) is 35.2 Å². The van der Waals surface area contributed by atoms with Crippen molar-refractivity contribution in [3.63, 3.8) is 0 Å². The van der Waals surface area contributed by atoms with E-state index < -0.39 is 5.97 Å². The van der Waals surface area contributed by atoms with E-state index in [0.29, 0.717) is 4.88 Å². The number of benzene rings is 1. The SMILES string of the molecule is Cc1cccc(SCc2cc(C(=O)O)sc2C)c1. The van der Waals surface area contributed by atoms with Crippen LogP contribution in [0.1, 0.15) is 25.7 Å². The maximum absolute atomic E-state index is 10.9. The first kappa shape index (κ1) is 13.2. The highest BCUT2D eigenvalue weighted by Crippen LogP contribution is 2.29. The van der Waals surface area contributed by atoms with Gasteiger partial charge in [-0.1, -0.05) is 17.7 Å². The number of rotatable bonds is 4. The van der Waals surface area contributed by atoms with E-state index in [-0.39, 0.29) is 0 Å². The van der Waals surface area contributed by atoms with Gasteiger partial charge in [-0.15, -0.1) is 23.1 Å². The van der Waals surface area contributed by atoms with Crippen LogP contribution < -0.4 is 0 Å². The molecule has 0 radical (unpaired) electrons. The molecule has 0 fully saturated rings. The normalized spacial score (nSPS) is 10.6. The number of carboxylic acids is 1. The van der Waals surface area contributed by atoms with Crippen LogP contribution in [0.25, 0.3) is 0 Å². The van der Waals surface area contributed by atoms with E-state index in [4.69, 9.17) is 5.11 Å². The first-order valence-corrected chi connectivity index (χ1v) is 7.38. The number of hydrogen-bond acceptors (Lipinski definition) is 3. The van der Waals surface area contributed by atoms with Crippen LogP contribution >= 0.6 is 23.1 Å². The highest BCUT2D eigenvalue weighted by atomic mass is 32.2. The summed E-state index contributed by atoms with van der Waals surface area (Å²) in [4.78, 5) is 13.6. The number of carboxylic acid groups (broad SMARTS) is 1. The third-order valence-electron chi connectivity index (χ3n) is 2.62. The van der Waals surface area contributed by atoms with Crippen LogP contribution in [0.2, 0.25) is 0 Å².